The summed E-state index contributed by atoms with van der Waals surface area (Å²) in [5.41, 5.74) is 26.0. The molecule has 1 aliphatic rings. The van der Waals surface area contributed by atoms with E-state index in [2.05, 4.69) is 306 Å². The lowest BCUT2D eigenvalue weighted by Gasteiger charge is -2.36. The first kappa shape index (κ1) is 47.5. The summed E-state index contributed by atoms with van der Waals surface area (Å²) in [5, 5.41) is 4.82. The Morgan fingerprint density at radius 3 is 1.40 bits per heavy atom. The SMILES string of the molecule is Cc1ccc(N(c2ccc(C)cc2)c2ccc(-c3ccc4c(c3)C(c3cccc(C)c3)(c3cccc(C)c3)c3cc(N(c5ccccc5)c5ccc(-c6ccccc6C)c(C)c5)c5ccccc5c3-4)c3ccccc23)cc1. The van der Waals surface area contributed by atoms with Gasteiger partial charge in [0.05, 0.1) is 16.8 Å². The molecule has 370 valence electrons. The molecule has 0 saturated carbocycles. The number of hydrogen-bond donors (Lipinski definition) is 0. The molecule has 12 aromatic rings. The molecular weight excluding hydrogens is 929 g/mol. The third kappa shape index (κ3) is 8.03. The van der Waals surface area contributed by atoms with Gasteiger partial charge >= 0.3 is 0 Å². The number of aryl methyl sites for hydroxylation is 6. The molecule has 2 heteroatoms. The lowest BCUT2D eigenvalue weighted by molar-refractivity contribution is 0.767. The summed E-state index contributed by atoms with van der Waals surface area (Å²) in [4.78, 5) is 4.90. The number of anilines is 6. The summed E-state index contributed by atoms with van der Waals surface area (Å²) in [6.07, 6.45) is 0. The van der Waals surface area contributed by atoms with Crippen LogP contribution in [0.15, 0.2) is 255 Å². The van der Waals surface area contributed by atoms with Gasteiger partial charge in [0.1, 0.15) is 0 Å². The third-order valence-corrected chi connectivity index (χ3v) is 16.2. The van der Waals surface area contributed by atoms with Gasteiger partial charge in [-0.2, -0.15) is 0 Å². The Hall–Kier alpha value is -9.24. The highest BCUT2D eigenvalue weighted by Gasteiger charge is 2.48. The van der Waals surface area contributed by atoms with Gasteiger partial charge in [0.25, 0.3) is 0 Å². The summed E-state index contributed by atoms with van der Waals surface area (Å²) in [6.45, 7) is 13.2. The largest absolute Gasteiger partial charge is 0.310 e. The van der Waals surface area contributed by atoms with Crippen molar-refractivity contribution in [2.24, 2.45) is 0 Å². The van der Waals surface area contributed by atoms with Gasteiger partial charge in [-0.25, -0.2) is 0 Å². The van der Waals surface area contributed by atoms with Crippen LogP contribution in [0.25, 0.3) is 54.9 Å². The molecule has 0 unspecified atom stereocenters. The molecule has 0 radical (unpaired) electrons. The fourth-order valence-electron chi connectivity index (χ4n) is 12.6. The fraction of sp³-hybridized carbons (Fsp3) is 0.0933. The second kappa shape index (κ2) is 19.2. The molecule has 13 rings (SSSR count). The molecule has 0 N–H and O–H groups in total. The smallest absolute Gasteiger partial charge is 0.0714 e. The van der Waals surface area contributed by atoms with Crippen molar-refractivity contribution < 1.29 is 0 Å². The van der Waals surface area contributed by atoms with Crippen molar-refractivity contribution in [3.05, 3.63) is 310 Å². The topological polar surface area (TPSA) is 6.48 Å². The predicted octanol–water partition coefficient (Wildman–Crippen LogP) is 20.5. The van der Waals surface area contributed by atoms with Crippen LogP contribution in [-0.2, 0) is 5.41 Å². The van der Waals surface area contributed by atoms with Gasteiger partial charge in [-0.05, 0) is 186 Å². The molecule has 0 bridgehead atoms. The molecule has 0 aromatic heterocycles. The zero-order valence-corrected chi connectivity index (χ0v) is 44.6. The summed E-state index contributed by atoms with van der Waals surface area (Å²) >= 11 is 0. The zero-order chi connectivity index (χ0) is 52.4. The summed E-state index contributed by atoms with van der Waals surface area (Å²) in [5.74, 6) is 0. The maximum absolute atomic E-state index is 2.55. The van der Waals surface area contributed by atoms with Crippen LogP contribution in [0.1, 0.15) is 55.6 Å². The molecule has 0 aliphatic heterocycles. The van der Waals surface area contributed by atoms with Gasteiger partial charge in [0, 0.05) is 33.5 Å². The first-order chi connectivity index (χ1) is 37.6. The lowest BCUT2D eigenvalue weighted by Crippen LogP contribution is -2.29. The van der Waals surface area contributed by atoms with Crippen LogP contribution in [0.5, 0.6) is 0 Å². The molecule has 0 fully saturated rings. The number of para-hydroxylation sites is 1. The molecule has 77 heavy (non-hydrogen) atoms. The van der Waals surface area contributed by atoms with Gasteiger partial charge in [-0.3, -0.25) is 0 Å². The van der Waals surface area contributed by atoms with Crippen molar-refractivity contribution in [3.63, 3.8) is 0 Å². The second-order valence-corrected chi connectivity index (χ2v) is 21.3. The third-order valence-electron chi connectivity index (χ3n) is 16.2. The van der Waals surface area contributed by atoms with Gasteiger partial charge in [-0.15, -0.1) is 0 Å². The molecule has 0 spiro atoms. The maximum Gasteiger partial charge on any atom is 0.0714 e. The Balaban J connectivity index is 1.08. The van der Waals surface area contributed by atoms with Gasteiger partial charge in [-0.1, -0.05) is 210 Å². The average molecular weight is 989 g/mol. The first-order valence-corrected chi connectivity index (χ1v) is 27.0. The van der Waals surface area contributed by atoms with Crippen molar-refractivity contribution in [3.8, 4) is 33.4 Å². The first-order valence-electron chi connectivity index (χ1n) is 27.0. The van der Waals surface area contributed by atoms with Crippen LogP contribution in [0.4, 0.5) is 34.1 Å². The van der Waals surface area contributed by atoms with E-state index in [1.54, 1.807) is 0 Å². The summed E-state index contributed by atoms with van der Waals surface area (Å²) in [6, 6.07) is 95.7. The summed E-state index contributed by atoms with van der Waals surface area (Å²) < 4.78 is 0. The Bertz CT molecular complexity index is 4130. The van der Waals surface area contributed by atoms with Crippen LogP contribution in [0.2, 0.25) is 0 Å². The number of hydrogen-bond acceptors (Lipinski definition) is 2. The summed E-state index contributed by atoms with van der Waals surface area (Å²) in [7, 11) is 0. The Morgan fingerprint density at radius 1 is 0.273 bits per heavy atom. The van der Waals surface area contributed by atoms with E-state index in [-0.39, 0.29) is 0 Å². The minimum Gasteiger partial charge on any atom is -0.310 e. The number of nitrogens with zero attached hydrogens (tertiary/aromatic N) is 2. The molecule has 0 heterocycles. The molecule has 0 saturated heterocycles. The Labute approximate surface area is 453 Å². The zero-order valence-electron chi connectivity index (χ0n) is 44.6. The van der Waals surface area contributed by atoms with Gasteiger partial charge in [0.15, 0.2) is 0 Å². The van der Waals surface area contributed by atoms with E-state index >= 15 is 0 Å². The molecule has 2 nitrogen and oxygen atoms in total. The van der Waals surface area contributed by atoms with E-state index in [1.807, 2.05) is 0 Å². The maximum atomic E-state index is 2.55. The minimum atomic E-state index is -0.701. The van der Waals surface area contributed by atoms with Crippen LogP contribution < -0.4 is 9.80 Å². The van der Waals surface area contributed by atoms with Crippen molar-refractivity contribution in [1.82, 2.24) is 0 Å². The second-order valence-electron chi connectivity index (χ2n) is 21.3. The van der Waals surface area contributed by atoms with Crippen molar-refractivity contribution in [2.45, 2.75) is 47.0 Å². The van der Waals surface area contributed by atoms with Crippen LogP contribution in [0, 0.1) is 41.5 Å². The number of fused-ring (bicyclic) bond motifs is 6. The lowest BCUT2D eigenvalue weighted by atomic mass is 9.66. The molecule has 0 amide bonds. The molecule has 0 atom stereocenters. The van der Waals surface area contributed by atoms with Crippen LogP contribution >= 0.6 is 0 Å². The predicted molar refractivity (Wildman–Crippen MR) is 327 cm³/mol. The molecular formula is C75H60N2. The van der Waals surface area contributed by atoms with E-state index in [1.165, 1.54) is 111 Å². The van der Waals surface area contributed by atoms with E-state index < -0.39 is 5.41 Å². The van der Waals surface area contributed by atoms with Crippen molar-refractivity contribution >= 4 is 55.7 Å². The number of rotatable bonds is 10. The molecule has 1 aliphatic carbocycles. The van der Waals surface area contributed by atoms with Gasteiger partial charge in [0.2, 0.25) is 0 Å². The van der Waals surface area contributed by atoms with E-state index in [4.69, 9.17) is 0 Å². The average Bonchev–Trinajstić information content (AvgIpc) is 4.00. The highest BCUT2D eigenvalue weighted by Crippen LogP contribution is 2.61. The highest BCUT2D eigenvalue weighted by atomic mass is 15.1. The quantitative estimate of drug-likeness (QED) is 0.135. The van der Waals surface area contributed by atoms with Crippen LogP contribution in [-0.4, -0.2) is 0 Å². The monoisotopic (exact) mass is 988 g/mol. The fourth-order valence-corrected chi connectivity index (χ4v) is 12.6. The van der Waals surface area contributed by atoms with Crippen molar-refractivity contribution in [2.75, 3.05) is 9.80 Å². The van der Waals surface area contributed by atoms with Crippen LogP contribution in [0.3, 0.4) is 0 Å². The minimum absolute atomic E-state index is 0.701. The van der Waals surface area contributed by atoms with E-state index in [0.29, 0.717) is 0 Å². The van der Waals surface area contributed by atoms with Crippen molar-refractivity contribution in [1.29, 1.82) is 0 Å². The molecule has 12 aromatic carbocycles. The number of benzene rings is 12. The Kier molecular flexibility index (Phi) is 11.8. The highest BCUT2D eigenvalue weighted by molar-refractivity contribution is 6.12. The van der Waals surface area contributed by atoms with E-state index in [0.717, 1.165) is 34.1 Å². The van der Waals surface area contributed by atoms with Gasteiger partial charge < -0.3 is 9.80 Å². The Morgan fingerprint density at radius 2 is 0.779 bits per heavy atom. The van der Waals surface area contributed by atoms with E-state index in [9.17, 15) is 0 Å². The standard InChI is InChI=1S/C75H60N2/c1-49-30-35-59(36-31-49)76(60-37-32-50(2)33-38-60)72-43-42-64(65-26-12-13-27-66(65)72)55-34-40-69-70(47-55)75(56-21-16-18-51(3)44-56,57-22-17-19-52(4)45-57)71-48-73(67-28-14-15-29-68(67)74(69)71)77(58-23-8-7-9-24-58)61-39-41-63(54(6)46-61)62-25-11-10-20-53(62)5/h7-48H,1-6H3. The normalized spacial score (nSPS) is 12.4.